The minimum absolute atomic E-state index is 0.358. The van der Waals surface area contributed by atoms with Gasteiger partial charge in [-0.15, -0.1) is 5.10 Å². The van der Waals surface area contributed by atoms with Crippen molar-refractivity contribution in [2.75, 3.05) is 17.7 Å². The number of aromatic nitrogens is 3. The lowest BCUT2D eigenvalue weighted by Crippen LogP contribution is -2.02. The summed E-state index contributed by atoms with van der Waals surface area (Å²) in [5, 5.41) is 14.7. The van der Waals surface area contributed by atoms with E-state index >= 15 is 0 Å². The van der Waals surface area contributed by atoms with E-state index < -0.39 is 0 Å². The van der Waals surface area contributed by atoms with E-state index in [1.807, 2.05) is 42.5 Å². The summed E-state index contributed by atoms with van der Waals surface area (Å²) in [6.45, 7) is 0. The van der Waals surface area contributed by atoms with E-state index in [4.69, 9.17) is 16.3 Å². The van der Waals surface area contributed by atoms with Gasteiger partial charge in [-0.05, 0) is 36.4 Å². The fraction of sp³-hybridized carbons (Fsp3) is 0.0625. The minimum atomic E-state index is 0.358. The Balaban J connectivity index is 1.75. The average Bonchev–Trinajstić information content (AvgIpc) is 2.58. The van der Waals surface area contributed by atoms with Crippen LogP contribution in [0.3, 0.4) is 0 Å². The van der Waals surface area contributed by atoms with E-state index in [0.29, 0.717) is 16.8 Å². The van der Waals surface area contributed by atoms with Crippen molar-refractivity contribution in [3.8, 4) is 5.75 Å². The lowest BCUT2D eigenvalue weighted by Gasteiger charge is -2.09. The summed E-state index contributed by atoms with van der Waals surface area (Å²) in [6.07, 6.45) is 1.54. The van der Waals surface area contributed by atoms with Gasteiger partial charge in [0.15, 0.2) is 5.82 Å². The smallest absolute Gasteiger partial charge is 0.249 e. The molecule has 116 valence electrons. The summed E-state index contributed by atoms with van der Waals surface area (Å²) in [4.78, 5) is 4.36. The fourth-order valence-electron chi connectivity index (χ4n) is 1.92. The third-order valence-corrected chi connectivity index (χ3v) is 3.37. The molecule has 2 aromatic carbocycles. The zero-order valence-corrected chi connectivity index (χ0v) is 13.1. The van der Waals surface area contributed by atoms with Crippen molar-refractivity contribution in [1.29, 1.82) is 0 Å². The Morgan fingerprint density at radius 2 is 1.78 bits per heavy atom. The second-order valence-corrected chi connectivity index (χ2v) is 5.03. The number of ether oxygens (including phenoxy) is 1. The van der Waals surface area contributed by atoms with Gasteiger partial charge in [0, 0.05) is 5.69 Å². The predicted molar refractivity (Wildman–Crippen MR) is 90.8 cm³/mol. The molecule has 1 aromatic heterocycles. The molecule has 0 saturated heterocycles. The maximum atomic E-state index is 6.11. The summed E-state index contributed by atoms with van der Waals surface area (Å²) < 4.78 is 5.13. The molecule has 23 heavy (non-hydrogen) atoms. The van der Waals surface area contributed by atoms with E-state index in [-0.39, 0.29) is 0 Å². The van der Waals surface area contributed by atoms with Crippen molar-refractivity contribution < 1.29 is 4.74 Å². The van der Waals surface area contributed by atoms with Gasteiger partial charge in [-0.2, -0.15) is 10.1 Å². The molecule has 2 N–H and O–H groups in total. The zero-order valence-electron chi connectivity index (χ0n) is 12.3. The Morgan fingerprint density at radius 3 is 2.52 bits per heavy atom. The first-order chi connectivity index (χ1) is 11.2. The highest BCUT2D eigenvalue weighted by Crippen LogP contribution is 2.24. The van der Waals surface area contributed by atoms with Crippen LogP contribution in [-0.2, 0) is 0 Å². The van der Waals surface area contributed by atoms with Gasteiger partial charge < -0.3 is 15.4 Å². The molecule has 0 aliphatic carbocycles. The van der Waals surface area contributed by atoms with Gasteiger partial charge in [-0.25, -0.2) is 0 Å². The molecule has 7 heteroatoms. The van der Waals surface area contributed by atoms with Crippen molar-refractivity contribution in [3.63, 3.8) is 0 Å². The summed E-state index contributed by atoms with van der Waals surface area (Å²) in [6, 6.07) is 14.9. The predicted octanol–water partition coefficient (Wildman–Crippen LogP) is 4.02. The molecule has 0 spiro atoms. The molecule has 0 radical (unpaired) electrons. The van der Waals surface area contributed by atoms with Crippen LogP contribution in [0.1, 0.15) is 0 Å². The van der Waals surface area contributed by atoms with Crippen LogP contribution in [0.5, 0.6) is 5.75 Å². The number of benzene rings is 2. The van der Waals surface area contributed by atoms with E-state index in [1.54, 1.807) is 19.4 Å². The maximum Gasteiger partial charge on any atom is 0.249 e. The molecular formula is C16H14ClN5O. The molecule has 6 nitrogen and oxygen atoms in total. The van der Waals surface area contributed by atoms with Crippen molar-refractivity contribution in [1.82, 2.24) is 15.2 Å². The van der Waals surface area contributed by atoms with Crippen LogP contribution in [0.25, 0.3) is 0 Å². The molecule has 3 aromatic rings. The zero-order chi connectivity index (χ0) is 16.1. The second-order valence-electron chi connectivity index (χ2n) is 4.62. The van der Waals surface area contributed by atoms with Gasteiger partial charge in [0.05, 0.1) is 24.0 Å². The third kappa shape index (κ3) is 3.87. The number of rotatable bonds is 5. The molecule has 0 saturated carbocycles. The van der Waals surface area contributed by atoms with Gasteiger partial charge in [-0.1, -0.05) is 23.7 Å². The van der Waals surface area contributed by atoms with Crippen molar-refractivity contribution >= 4 is 34.7 Å². The van der Waals surface area contributed by atoms with Crippen LogP contribution in [-0.4, -0.2) is 22.3 Å². The normalized spacial score (nSPS) is 10.2. The van der Waals surface area contributed by atoms with Crippen LogP contribution in [0, 0.1) is 0 Å². The minimum Gasteiger partial charge on any atom is -0.497 e. The summed E-state index contributed by atoms with van der Waals surface area (Å²) in [5.74, 6) is 1.72. The molecule has 0 unspecified atom stereocenters. The molecule has 0 amide bonds. The fourth-order valence-corrected chi connectivity index (χ4v) is 2.10. The first kappa shape index (κ1) is 15.1. The molecule has 0 aliphatic heterocycles. The molecule has 0 aliphatic rings. The van der Waals surface area contributed by atoms with E-state index in [9.17, 15) is 0 Å². The van der Waals surface area contributed by atoms with Crippen LogP contribution in [0.4, 0.5) is 23.1 Å². The van der Waals surface area contributed by atoms with E-state index in [2.05, 4.69) is 25.8 Å². The largest absolute Gasteiger partial charge is 0.497 e. The van der Waals surface area contributed by atoms with Crippen molar-refractivity contribution in [2.45, 2.75) is 0 Å². The molecule has 0 fully saturated rings. The van der Waals surface area contributed by atoms with E-state index in [1.165, 1.54) is 0 Å². The highest BCUT2D eigenvalue weighted by molar-refractivity contribution is 6.33. The van der Waals surface area contributed by atoms with Gasteiger partial charge in [0.2, 0.25) is 5.95 Å². The Bertz CT molecular complexity index is 794. The number of nitrogens with one attached hydrogen (secondary N) is 2. The molecule has 1 heterocycles. The molecule has 3 rings (SSSR count). The first-order valence-corrected chi connectivity index (χ1v) is 7.25. The lowest BCUT2D eigenvalue weighted by atomic mass is 10.3. The average molecular weight is 328 g/mol. The standard InChI is InChI=1S/C16H14ClN5O/c1-23-12-8-6-11(7-9-12)19-15-10-18-22-16(21-15)20-14-5-3-2-4-13(14)17/h2-10H,1H3,(H2,19,20,21,22). The number of nitrogens with zero attached hydrogens (tertiary/aromatic N) is 3. The first-order valence-electron chi connectivity index (χ1n) is 6.87. The van der Waals surface area contributed by atoms with Gasteiger partial charge in [0.25, 0.3) is 0 Å². The second kappa shape index (κ2) is 6.93. The summed E-state index contributed by atoms with van der Waals surface area (Å²) in [5.41, 5.74) is 1.59. The highest BCUT2D eigenvalue weighted by atomic mass is 35.5. The topological polar surface area (TPSA) is 72.0 Å². The Labute approximate surface area is 138 Å². The molecule has 0 atom stereocenters. The lowest BCUT2D eigenvalue weighted by molar-refractivity contribution is 0.415. The number of hydrogen-bond donors (Lipinski definition) is 2. The number of para-hydroxylation sites is 1. The Morgan fingerprint density at radius 1 is 1.00 bits per heavy atom. The van der Waals surface area contributed by atoms with Crippen molar-refractivity contribution in [3.05, 3.63) is 59.8 Å². The van der Waals surface area contributed by atoms with Crippen LogP contribution in [0.15, 0.2) is 54.7 Å². The third-order valence-electron chi connectivity index (χ3n) is 3.04. The van der Waals surface area contributed by atoms with E-state index in [0.717, 1.165) is 17.1 Å². The number of halogens is 1. The highest BCUT2D eigenvalue weighted by Gasteiger charge is 2.04. The van der Waals surface area contributed by atoms with Gasteiger partial charge in [-0.3, -0.25) is 0 Å². The van der Waals surface area contributed by atoms with Gasteiger partial charge >= 0.3 is 0 Å². The summed E-state index contributed by atoms with van der Waals surface area (Å²) in [7, 11) is 1.63. The van der Waals surface area contributed by atoms with Crippen LogP contribution in [0.2, 0.25) is 5.02 Å². The Kier molecular flexibility index (Phi) is 4.54. The van der Waals surface area contributed by atoms with Crippen LogP contribution >= 0.6 is 11.6 Å². The monoisotopic (exact) mass is 327 g/mol. The number of methoxy groups -OCH3 is 1. The summed E-state index contributed by atoms with van der Waals surface area (Å²) >= 11 is 6.11. The quantitative estimate of drug-likeness (QED) is 0.737. The number of hydrogen-bond acceptors (Lipinski definition) is 6. The molecule has 0 bridgehead atoms. The molecular weight excluding hydrogens is 314 g/mol. The van der Waals surface area contributed by atoms with Crippen molar-refractivity contribution in [2.24, 2.45) is 0 Å². The van der Waals surface area contributed by atoms with Crippen LogP contribution < -0.4 is 15.4 Å². The maximum absolute atomic E-state index is 6.11. The SMILES string of the molecule is COc1ccc(Nc2cnnc(Nc3ccccc3Cl)n2)cc1. The van der Waals surface area contributed by atoms with Gasteiger partial charge in [0.1, 0.15) is 5.75 Å². The Hall–Kier alpha value is -2.86. The number of anilines is 4.